The number of amides is 1. The van der Waals surface area contributed by atoms with E-state index in [2.05, 4.69) is 19.2 Å². The van der Waals surface area contributed by atoms with Crippen molar-refractivity contribution in [2.45, 2.75) is 39.7 Å². The summed E-state index contributed by atoms with van der Waals surface area (Å²) >= 11 is 6.22. The van der Waals surface area contributed by atoms with Gasteiger partial charge < -0.3 is 20.5 Å². The summed E-state index contributed by atoms with van der Waals surface area (Å²) in [4.78, 5) is 12.6. The van der Waals surface area contributed by atoms with E-state index in [-0.39, 0.29) is 5.91 Å². The van der Waals surface area contributed by atoms with Gasteiger partial charge in [0, 0.05) is 17.6 Å². The fourth-order valence-corrected chi connectivity index (χ4v) is 2.83. The Morgan fingerprint density at radius 2 is 2.09 bits per heavy atom. The number of carbonyl (C=O) groups excluding carboxylic acids is 1. The molecule has 1 unspecified atom stereocenters. The van der Waals surface area contributed by atoms with E-state index in [1.807, 2.05) is 13.8 Å². The molecule has 5 nitrogen and oxygen atoms in total. The number of methoxy groups -OCH3 is 1. The second-order valence-electron chi connectivity index (χ2n) is 6.24. The Balaban J connectivity index is 3.06. The zero-order valence-corrected chi connectivity index (χ0v) is 15.3. The molecule has 0 heterocycles. The Morgan fingerprint density at radius 1 is 1.43 bits per heavy atom. The molecule has 0 bridgehead atoms. The van der Waals surface area contributed by atoms with Crippen LogP contribution in [0.15, 0.2) is 12.1 Å². The van der Waals surface area contributed by atoms with E-state index < -0.39 is 5.54 Å². The summed E-state index contributed by atoms with van der Waals surface area (Å²) in [5, 5.41) is 3.34. The van der Waals surface area contributed by atoms with Gasteiger partial charge in [0.15, 0.2) is 11.5 Å². The van der Waals surface area contributed by atoms with Crippen LogP contribution in [0, 0.1) is 5.92 Å². The summed E-state index contributed by atoms with van der Waals surface area (Å²) in [5.41, 5.74) is 5.79. The first kappa shape index (κ1) is 19.6. The van der Waals surface area contributed by atoms with Crippen molar-refractivity contribution in [3.8, 4) is 11.5 Å². The second kappa shape index (κ2) is 8.41. The van der Waals surface area contributed by atoms with Crippen LogP contribution in [0.3, 0.4) is 0 Å². The molecule has 1 rings (SSSR count). The van der Waals surface area contributed by atoms with Crippen molar-refractivity contribution in [3.05, 3.63) is 22.7 Å². The zero-order chi connectivity index (χ0) is 17.6. The topological polar surface area (TPSA) is 73.6 Å². The monoisotopic (exact) mass is 342 g/mol. The molecule has 3 N–H and O–H groups in total. The smallest absolute Gasteiger partial charge is 0.251 e. The van der Waals surface area contributed by atoms with Crippen LogP contribution in [0.5, 0.6) is 11.5 Å². The number of halogens is 1. The summed E-state index contributed by atoms with van der Waals surface area (Å²) in [6.45, 7) is 8.81. The predicted octanol–water partition coefficient (Wildman–Crippen LogP) is 3.24. The van der Waals surface area contributed by atoms with Crippen LogP contribution < -0.4 is 20.5 Å². The number of rotatable bonds is 8. The van der Waals surface area contributed by atoms with E-state index >= 15 is 0 Å². The number of hydrogen-bond acceptors (Lipinski definition) is 4. The molecule has 0 aliphatic rings. The summed E-state index contributed by atoms with van der Waals surface area (Å²) in [6, 6.07) is 3.20. The molecule has 0 aliphatic heterocycles. The lowest BCUT2D eigenvalue weighted by Gasteiger charge is -2.31. The van der Waals surface area contributed by atoms with Crippen LogP contribution in [-0.4, -0.2) is 31.7 Å². The van der Waals surface area contributed by atoms with Gasteiger partial charge in [0.25, 0.3) is 5.91 Å². The molecule has 1 aromatic rings. The fourth-order valence-electron chi connectivity index (χ4n) is 2.57. The lowest BCUT2D eigenvalue weighted by atomic mass is 9.90. The highest BCUT2D eigenvalue weighted by Crippen LogP contribution is 2.36. The average molecular weight is 343 g/mol. The number of nitrogens with one attached hydrogen (secondary N) is 1. The molecule has 0 spiro atoms. The van der Waals surface area contributed by atoms with Crippen LogP contribution in [0.1, 0.15) is 44.5 Å². The SMILES string of the molecule is CCOc1c(Cl)cc(C(=O)NC(C)(CN)CC(C)C)cc1OC. The highest BCUT2D eigenvalue weighted by Gasteiger charge is 2.27. The third kappa shape index (κ3) is 5.29. The first-order valence-electron chi connectivity index (χ1n) is 7.79. The molecule has 0 fully saturated rings. The van der Waals surface area contributed by atoms with Crippen molar-refractivity contribution in [3.63, 3.8) is 0 Å². The number of benzene rings is 1. The van der Waals surface area contributed by atoms with Gasteiger partial charge in [-0.3, -0.25) is 4.79 Å². The van der Waals surface area contributed by atoms with Crippen molar-refractivity contribution in [2.24, 2.45) is 11.7 Å². The summed E-state index contributed by atoms with van der Waals surface area (Å²) in [7, 11) is 1.51. The summed E-state index contributed by atoms with van der Waals surface area (Å²) in [5.74, 6) is 1.06. The molecule has 0 radical (unpaired) electrons. The second-order valence-corrected chi connectivity index (χ2v) is 6.65. The van der Waals surface area contributed by atoms with E-state index in [9.17, 15) is 4.79 Å². The van der Waals surface area contributed by atoms with E-state index in [0.29, 0.717) is 41.2 Å². The van der Waals surface area contributed by atoms with Crippen molar-refractivity contribution in [1.29, 1.82) is 0 Å². The van der Waals surface area contributed by atoms with Crippen LogP contribution in [0.25, 0.3) is 0 Å². The lowest BCUT2D eigenvalue weighted by molar-refractivity contribution is 0.0898. The van der Waals surface area contributed by atoms with Gasteiger partial charge in [-0.1, -0.05) is 25.4 Å². The highest BCUT2D eigenvalue weighted by atomic mass is 35.5. The third-order valence-corrected chi connectivity index (χ3v) is 3.79. The minimum absolute atomic E-state index is 0.234. The number of ether oxygens (including phenoxy) is 2. The van der Waals surface area contributed by atoms with Crippen LogP contribution in [0.4, 0.5) is 0 Å². The van der Waals surface area contributed by atoms with E-state index in [0.717, 1.165) is 6.42 Å². The third-order valence-electron chi connectivity index (χ3n) is 3.50. The molecule has 1 atom stereocenters. The molecular weight excluding hydrogens is 316 g/mol. The Bertz CT molecular complexity index is 549. The molecule has 1 amide bonds. The maximum atomic E-state index is 12.6. The van der Waals surface area contributed by atoms with Gasteiger partial charge in [-0.2, -0.15) is 0 Å². The number of hydrogen-bond donors (Lipinski definition) is 2. The summed E-state index contributed by atoms with van der Waals surface area (Å²) in [6.07, 6.45) is 0.789. The molecule has 1 aromatic carbocycles. The maximum absolute atomic E-state index is 12.6. The average Bonchev–Trinajstić information content (AvgIpc) is 2.48. The van der Waals surface area contributed by atoms with Gasteiger partial charge in [0.2, 0.25) is 0 Å². The molecule has 130 valence electrons. The summed E-state index contributed by atoms with van der Waals surface area (Å²) < 4.78 is 10.7. The first-order valence-corrected chi connectivity index (χ1v) is 8.17. The standard InChI is InChI=1S/C17H27ClN2O3/c1-6-23-15-13(18)7-12(8-14(15)22-5)16(21)20-17(4,10-19)9-11(2)3/h7-8,11H,6,9-10,19H2,1-5H3,(H,20,21). The Morgan fingerprint density at radius 3 is 2.57 bits per heavy atom. The van der Waals surface area contributed by atoms with Crippen molar-refractivity contribution in [1.82, 2.24) is 5.32 Å². The molecule has 23 heavy (non-hydrogen) atoms. The van der Waals surface area contributed by atoms with Gasteiger partial charge in [-0.25, -0.2) is 0 Å². The van der Waals surface area contributed by atoms with Crippen LogP contribution in [0.2, 0.25) is 5.02 Å². The minimum atomic E-state index is -0.469. The molecule has 0 aliphatic carbocycles. The van der Waals surface area contributed by atoms with Crippen LogP contribution >= 0.6 is 11.6 Å². The largest absolute Gasteiger partial charge is 0.493 e. The lowest BCUT2D eigenvalue weighted by Crippen LogP contribution is -2.52. The van der Waals surface area contributed by atoms with Crippen LogP contribution in [-0.2, 0) is 0 Å². The first-order chi connectivity index (χ1) is 10.8. The van der Waals surface area contributed by atoms with Crippen molar-refractivity contribution in [2.75, 3.05) is 20.3 Å². The minimum Gasteiger partial charge on any atom is -0.493 e. The Labute approximate surface area is 143 Å². The van der Waals surface area contributed by atoms with E-state index in [4.69, 9.17) is 26.8 Å². The molecular formula is C17H27ClN2O3. The van der Waals surface area contributed by atoms with Gasteiger partial charge in [0.05, 0.1) is 18.7 Å². The zero-order valence-electron chi connectivity index (χ0n) is 14.5. The molecule has 0 saturated carbocycles. The predicted molar refractivity (Wildman–Crippen MR) is 93.6 cm³/mol. The molecule has 0 aromatic heterocycles. The van der Waals surface area contributed by atoms with Gasteiger partial charge in [-0.05, 0) is 38.3 Å². The normalized spacial score (nSPS) is 13.6. The molecule has 0 saturated heterocycles. The van der Waals surface area contributed by atoms with Gasteiger partial charge >= 0.3 is 0 Å². The van der Waals surface area contributed by atoms with Gasteiger partial charge in [0.1, 0.15) is 0 Å². The number of nitrogens with two attached hydrogens (primary N) is 1. The van der Waals surface area contributed by atoms with Gasteiger partial charge in [-0.15, -0.1) is 0 Å². The quantitative estimate of drug-likeness (QED) is 0.760. The van der Waals surface area contributed by atoms with Crippen molar-refractivity contribution >= 4 is 17.5 Å². The highest BCUT2D eigenvalue weighted by molar-refractivity contribution is 6.32. The Kier molecular flexibility index (Phi) is 7.16. The fraction of sp³-hybridized carbons (Fsp3) is 0.588. The van der Waals surface area contributed by atoms with E-state index in [1.165, 1.54) is 7.11 Å². The molecule has 6 heteroatoms. The maximum Gasteiger partial charge on any atom is 0.251 e. The number of carbonyl (C=O) groups is 1. The van der Waals surface area contributed by atoms with E-state index in [1.54, 1.807) is 12.1 Å². The van der Waals surface area contributed by atoms with Crippen molar-refractivity contribution < 1.29 is 14.3 Å². The Hall–Kier alpha value is -1.46.